The number of carbonyl (C=O) groups is 2. The lowest BCUT2D eigenvalue weighted by Gasteiger charge is -2.11. The van der Waals surface area contributed by atoms with Gasteiger partial charge in [-0.3, -0.25) is 9.59 Å². The van der Waals surface area contributed by atoms with Gasteiger partial charge in [-0.1, -0.05) is 29.8 Å². The quantitative estimate of drug-likeness (QED) is 0.584. The molecule has 0 unspecified atom stereocenters. The molecule has 2 amide bonds. The van der Waals surface area contributed by atoms with Crippen LogP contribution in [0.2, 0.25) is 0 Å². The highest BCUT2D eigenvalue weighted by Crippen LogP contribution is 2.31. The summed E-state index contributed by atoms with van der Waals surface area (Å²) in [6.07, 6.45) is 0. The topological polar surface area (TPSA) is 67.4 Å². The van der Waals surface area contributed by atoms with Crippen LogP contribution in [0.1, 0.15) is 26.3 Å². The second-order valence-electron chi connectivity index (χ2n) is 6.80. The van der Waals surface area contributed by atoms with Gasteiger partial charge in [0.25, 0.3) is 11.8 Å². The molecule has 0 bridgehead atoms. The van der Waals surface area contributed by atoms with Crippen LogP contribution in [-0.4, -0.2) is 32.0 Å². The van der Waals surface area contributed by atoms with E-state index in [4.69, 9.17) is 4.74 Å². The fourth-order valence-corrected chi connectivity index (χ4v) is 2.99. The minimum atomic E-state index is -0.384. The van der Waals surface area contributed by atoms with Gasteiger partial charge < -0.3 is 15.4 Å². The Morgan fingerprint density at radius 2 is 1.53 bits per heavy atom. The normalized spacial score (nSPS) is 10.4. The molecule has 5 nitrogen and oxygen atoms in total. The van der Waals surface area contributed by atoms with Gasteiger partial charge in [-0.25, -0.2) is 4.39 Å². The highest BCUT2D eigenvalue weighted by atomic mass is 19.1. The van der Waals surface area contributed by atoms with E-state index in [0.29, 0.717) is 34.5 Å². The fraction of sp³-hybridized carbons (Fsp3) is 0.167. The lowest BCUT2D eigenvalue weighted by atomic mass is 10.0. The number of methoxy groups -OCH3 is 1. The number of benzene rings is 3. The van der Waals surface area contributed by atoms with E-state index in [0.717, 1.165) is 5.56 Å². The molecule has 0 atom stereocenters. The monoisotopic (exact) mass is 406 g/mol. The number of amides is 2. The molecule has 0 saturated heterocycles. The zero-order chi connectivity index (χ0) is 21.5. The third-order valence-corrected chi connectivity index (χ3v) is 4.61. The van der Waals surface area contributed by atoms with Crippen LogP contribution >= 0.6 is 0 Å². The van der Waals surface area contributed by atoms with Crippen molar-refractivity contribution >= 4 is 11.8 Å². The van der Waals surface area contributed by atoms with Crippen molar-refractivity contribution in [3.05, 3.63) is 89.2 Å². The summed E-state index contributed by atoms with van der Waals surface area (Å²) in [6.45, 7) is 2.54. The standard InChI is InChI=1S/C24H23FN2O3/c1-16-6-8-17(9-7-16)23(28)26-12-13-27-24(29)19-5-3-4-18(14-19)21-15-20(25)10-11-22(21)30-2/h3-11,14-15H,12-13H2,1-2H3,(H,26,28)(H,27,29). The zero-order valence-corrected chi connectivity index (χ0v) is 16.9. The van der Waals surface area contributed by atoms with Crippen LogP contribution in [0.4, 0.5) is 4.39 Å². The number of ether oxygens (including phenoxy) is 1. The molecule has 0 fully saturated rings. The van der Waals surface area contributed by atoms with Crippen molar-refractivity contribution in [3.8, 4) is 16.9 Å². The molecule has 0 heterocycles. The first-order valence-corrected chi connectivity index (χ1v) is 9.55. The van der Waals surface area contributed by atoms with Gasteiger partial charge in [0.2, 0.25) is 0 Å². The van der Waals surface area contributed by atoms with Crippen LogP contribution in [0.25, 0.3) is 11.1 Å². The number of hydrogen-bond donors (Lipinski definition) is 2. The van der Waals surface area contributed by atoms with Gasteiger partial charge >= 0.3 is 0 Å². The third kappa shape index (κ3) is 5.23. The maximum Gasteiger partial charge on any atom is 0.251 e. The van der Waals surface area contributed by atoms with Crippen molar-refractivity contribution in [1.29, 1.82) is 0 Å². The summed E-state index contributed by atoms with van der Waals surface area (Å²) < 4.78 is 19.0. The van der Waals surface area contributed by atoms with Crippen LogP contribution in [-0.2, 0) is 0 Å². The number of rotatable bonds is 7. The molecule has 0 aliphatic rings. The summed E-state index contributed by atoms with van der Waals surface area (Å²) in [7, 11) is 1.51. The first kappa shape index (κ1) is 21.0. The molecule has 2 N–H and O–H groups in total. The smallest absolute Gasteiger partial charge is 0.251 e. The van der Waals surface area contributed by atoms with E-state index in [9.17, 15) is 14.0 Å². The van der Waals surface area contributed by atoms with Crippen molar-refractivity contribution in [2.45, 2.75) is 6.92 Å². The lowest BCUT2D eigenvalue weighted by Crippen LogP contribution is -2.34. The number of aryl methyl sites for hydroxylation is 1. The molecule has 0 aliphatic carbocycles. The fourth-order valence-electron chi connectivity index (χ4n) is 2.99. The maximum atomic E-state index is 13.7. The SMILES string of the molecule is COc1ccc(F)cc1-c1cccc(C(=O)NCCNC(=O)c2ccc(C)cc2)c1. The largest absolute Gasteiger partial charge is 0.496 e. The first-order valence-electron chi connectivity index (χ1n) is 9.55. The molecule has 30 heavy (non-hydrogen) atoms. The van der Waals surface area contributed by atoms with Gasteiger partial charge in [0, 0.05) is 29.8 Å². The van der Waals surface area contributed by atoms with E-state index in [-0.39, 0.29) is 24.2 Å². The summed E-state index contributed by atoms with van der Waals surface area (Å²) in [5.41, 5.74) is 3.33. The molecular weight excluding hydrogens is 383 g/mol. The van der Waals surface area contributed by atoms with Gasteiger partial charge in [0.05, 0.1) is 7.11 Å². The van der Waals surface area contributed by atoms with Gasteiger partial charge in [0.15, 0.2) is 0 Å². The van der Waals surface area contributed by atoms with Crippen LogP contribution in [0.5, 0.6) is 5.75 Å². The van der Waals surface area contributed by atoms with E-state index in [1.165, 1.54) is 19.2 Å². The van der Waals surface area contributed by atoms with Crippen molar-refractivity contribution in [2.75, 3.05) is 20.2 Å². The van der Waals surface area contributed by atoms with Gasteiger partial charge in [-0.2, -0.15) is 0 Å². The van der Waals surface area contributed by atoms with Crippen molar-refractivity contribution in [2.24, 2.45) is 0 Å². The van der Waals surface area contributed by atoms with E-state index in [1.807, 2.05) is 19.1 Å². The molecule has 6 heteroatoms. The molecule has 0 aliphatic heterocycles. The Morgan fingerprint density at radius 1 is 0.867 bits per heavy atom. The molecule has 154 valence electrons. The molecule has 3 aromatic rings. The average molecular weight is 406 g/mol. The Hall–Kier alpha value is -3.67. The molecule has 3 aromatic carbocycles. The van der Waals surface area contributed by atoms with Gasteiger partial charge in [-0.15, -0.1) is 0 Å². The molecule has 0 aromatic heterocycles. The van der Waals surface area contributed by atoms with Crippen LogP contribution in [0, 0.1) is 12.7 Å². The number of halogens is 1. The van der Waals surface area contributed by atoms with Crippen LogP contribution in [0.15, 0.2) is 66.7 Å². The number of carbonyl (C=O) groups excluding carboxylic acids is 2. The Morgan fingerprint density at radius 3 is 2.20 bits per heavy atom. The summed E-state index contributed by atoms with van der Waals surface area (Å²) in [6, 6.07) is 18.4. The first-order chi connectivity index (χ1) is 14.5. The zero-order valence-electron chi connectivity index (χ0n) is 16.9. The van der Waals surface area contributed by atoms with Crippen molar-refractivity contribution in [1.82, 2.24) is 10.6 Å². The highest BCUT2D eigenvalue weighted by Gasteiger charge is 2.11. The van der Waals surface area contributed by atoms with Gasteiger partial charge in [-0.05, 0) is 55.0 Å². The predicted molar refractivity (Wildman–Crippen MR) is 114 cm³/mol. The van der Waals surface area contributed by atoms with Crippen LogP contribution < -0.4 is 15.4 Å². The van der Waals surface area contributed by atoms with E-state index >= 15 is 0 Å². The van der Waals surface area contributed by atoms with Crippen molar-refractivity contribution in [3.63, 3.8) is 0 Å². The predicted octanol–water partition coefficient (Wildman–Crippen LogP) is 3.97. The molecule has 0 saturated carbocycles. The summed E-state index contributed by atoms with van der Waals surface area (Å²) in [5.74, 6) is -0.334. The minimum absolute atomic E-state index is 0.190. The van der Waals surface area contributed by atoms with E-state index in [1.54, 1.807) is 42.5 Å². The third-order valence-electron chi connectivity index (χ3n) is 4.61. The number of hydrogen-bond acceptors (Lipinski definition) is 3. The summed E-state index contributed by atoms with van der Waals surface area (Å²) in [5, 5.41) is 5.55. The Kier molecular flexibility index (Phi) is 6.80. The highest BCUT2D eigenvalue weighted by molar-refractivity contribution is 5.96. The molecule has 0 spiro atoms. The minimum Gasteiger partial charge on any atom is -0.496 e. The van der Waals surface area contributed by atoms with Gasteiger partial charge in [0.1, 0.15) is 11.6 Å². The lowest BCUT2D eigenvalue weighted by molar-refractivity contribution is 0.0927. The van der Waals surface area contributed by atoms with E-state index < -0.39 is 0 Å². The average Bonchev–Trinajstić information content (AvgIpc) is 2.77. The molecule has 0 radical (unpaired) electrons. The second-order valence-corrected chi connectivity index (χ2v) is 6.80. The number of nitrogens with one attached hydrogen (secondary N) is 2. The summed E-state index contributed by atoms with van der Waals surface area (Å²) in [4.78, 5) is 24.6. The Balaban J connectivity index is 1.59. The Bertz CT molecular complexity index is 1050. The van der Waals surface area contributed by atoms with E-state index in [2.05, 4.69) is 10.6 Å². The molecular formula is C24H23FN2O3. The second kappa shape index (κ2) is 9.69. The molecule has 3 rings (SSSR count). The van der Waals surface area contributed by atoms with Crippen LogP contribution in [0.3, 0.4) is 0 Å². The summed E-state index contributed by atoms with van der Waals surface area (Å²) >= 11 is 0. The maximum absolute atomic E-state index is 13.7. The van der Waals surface area contributed by atoms with Crippen molar-refractivity contribution < 1.29 is 18.7 Å². The Labute approximate surface area is 174 Å².